The Labute approximate surface area is 131 Å². The van der Waals surface area contributed by atoms with E-state index in [9.17, 15) is 5.11 Å². The van der Waals surface area contributed by atoms with Crippen LogP contribution in [0.2, 0.25) is 0 Å². The summed E-state index contributed by atoms with van der Waals surface area (Å²) in [5.41, 5.74) is 7.27. The van der Waals surface area contributed by atoms with Gasteiger partial charge >= 0.3 is 0 Å². The summed E-state index contributed by atoms with van der Waals surface area (Å²) in [6, 6.07) is 7.84. The zero-order valence-electron chi connectivity index (χ0n) is 12.2. The van der Waals surface area contributed by atoms with Crippen LogP contribution in [0.1, 0.15) is 42.9 Å². The molecule has 4 N–H and O–H groups in total. The molecule has 0 saturated carbocycles. The fourth-order valence-corrected chi connectivity index (χ4v) is 3.11. The molecule has 1 aromatic carbocycles. The molecule has 1 aromatic rings. The summed E-state index contributed by atoms with van der Waals surface area (Å²) in [7, 11) is 0. The number of likely N-dealkylation sites (tertiary alicyclic amines) is 1. The molecule has 21 heavy (non-hydrogen) atoms. The van der Waals surface area contributed by atoms with Gasteiger partial charge in [0, 0.05) is 24.8 Å². The number of β-amino-alcohol motifs (C(OH)–C–C–N with tert-alkyl or cyclic N) is 1. The summed E-state index contributed by atoms with van der Waals surface area (Å²) in [4.78, 5) is 2.67. The largest absolute Gasteiger partial charge is 0.396 e. The van der Waals surface area contributed by atoms with Gasteiger partial charge in [0.05, 0.1) is 6.10 Å². The SMILES string of the molecule is NC(=S)c1ccc(C(O)CN2CCCCC2CCO)cc1. The van der Waals surface area contributed by atoms with Crippen LogP contribution in [0.5, 0.6) is 0 Å². The number of benzene rings is 1. The number of hydrogen-bond acceptors (Lipinski definition) is 4. The number of nitrogens with two attached hydrogens (primary N) is 1. The van der Waals surface area contributed by atoms with E-state index < -0.39 is 6.10 Å². The third kappa shape index (κ3) is 4.48. The number of aliphatic hydroxyl groups is 2. The van der Waals surface area contributed by atoms with Gasteiger partial charge in [0.1, 0.15) is 4.99 Å². The van der Waals surface area contributed by atoms with E-state index in [2.05, 4.69) is 4.90 Å². The molecule has 0 bridgehead atoms. The third-order valence-electron chi connectivity index (χ3n) is 4.20. The van der Waals surface area contributed by atoms with Crippen LogP contribution in [0.4, 0.5) is 0 Å². The summed E-state index contributed by atoms with van der Waals surface area (Å²) < 4.78 is 0. The van der Waals surface area contributed by atoms with Crippen molar-refractivity contribution >= 4 is 17.2 Å². The molecule has 2 atom stereocenters. The van der Waals surface area contributed by atoms with E-state index in [1.807, 2.05) is 24.3 Å². The molecule has 1 saturated heterocycles. The monoisotopic (exact) mass is 308 g/mol. The molecular formula is C16H24N2O2S. The minimum Gasteiger partial charge on any atom is -0.396 e. The van der Waals surface area contributed by atoms with E-state index in [0.717, 1.165) is 36.9 Å². The minimum absolute atomic E-state index is 0.208. The Morgan fingerprint density at radius 3 is 2.67 bits per heavy atom. The highest BCUT2D eigenvalue weighted by Gasteiger charge is 2.24. The van der Waals surface area contributed by atoms with Crippen molar-refractivity contribution in [2.75, 3.05) is 19.7 Å². The minimum atomic E-state index is -0.523. The smallest absolute Gasteiger partial charge is 0.103 e. The van der Waals surface area contributed by atoms with Gasteiger partial charge < -0.3 is 15.9 Å². The van der Waals surface area contributed by atoms with Crippen LogP contribution in [-0.4, -0.2) is 45.8 Å². The lowest BCUT2D eigenvalue weighted by Crippen LogP contribution is -2.42. The first-order valence-corrected chi connectivity index (χ1v) is 7.95. The summed E-state index contributed by atoms with van der Waals surface area (Å²) in [5, 5.41) is 19.6. The fourth-order valence-electron chi connectivity index (χ4n) is 2.97. The predicted octanol–water partition coefficient (Wildman–Crippen LogP) is 1.59. The molecular weight excluding hydrogens is 284 g/mol. The maximum Gasteiger partial charge on any atom is 0.103 e. The first-order valence-electron chi connectivity index (χ1n) is 7.54. The van der Waals surface area contributed by atoms with Gasteiger partial charge in [0.25, 0.3) is 0 Å². The quantitative estimate of drug-likeness (QED) is 0.696. The molecule has 2 rings (SSSR count). The van der Waals surface area contributed by atoms with Gasteiger partial charge in [-0.3, -0.25) is 4.90 Å². The second kappa shape index (κ2) is 7.84. The van der Waals surface area contributed by atoms with Crippen molar-refractivity contribution in [1.82, 2.24) is 4.90 Å². The van der Waals surface area contributed by atoms with Gasteiger partial charge in [0.2, 0.25) is 0 Å². The molecule has 0 amide bonds. The normalized spacial score (nSPS) is 21.1. The highest BCUT2D eigenvalue weighted by molar-refractivity contribution is 7.80. The molecule has 0 spiro atoms. The molecule has 1 heterocycles. The Kier molecular flexibility index (Phi) is 6.11. The molecule has 0 radical (unpaired) electrons. The maximum atomic E-state index is 10.4. The first kappa shape index (κ1) is 16.4. The Morgan fingerprint density at radius 1 is 1.33 bits per heavy atom. The second-order valence-electron chi connectivity index (χ2n) is 5.66. The van der Waals surface area contributed by atoms with Crippen molar-refractivity contribution in [2.24, 2.45) is 5.73 Å². The Morgan fingerprint density at radius 2 is 2.05 bits per heavy atom. The van der Waals surface area contributed by atoms with Gasteiger partial charge in [-0.2, -0.15) is 0 Å². The molecule has 2 unspecified atom stereocenters. The maximum absolute atomic E-state index is 10.4. The molecule has 1 fully saturated rings. The number of thiocarbonyl (C=S) groups is 1. The number of aliphatic hydroxyl groups excluding tert-OH is 2. The topological polar surface area (TPSA) is 69.7 Å². The number of rotatable bonds is 6. The van der Waals surface area contributed by atoms with E-state index in [1.54, 1.807) is 0 Å². The van der Waals surface area contributed by atoms with Gasteiger partial charge in [-0.05, 0) is 31.4 Å². The Bertz CT molecular complexity index is 462. The van der Waals surface area contributed by atoms with E-state index in [4.69, 9.17) is 23.1 Å². The molecule has 5 heteroatoms. The lowest BCUT2D eigenvalue weighted by atomic mass is 9.98. The van der Waals surface area contributed by atoms with E-state index in [0.29, 0.717) is 17.6 Å². The number of piperidine rings is 1. The summed E-state index contributed by atoms with van der Waals surface area (Å²) in [5.74, 6) is 0. The lowest BCUT2D eigenvalue weighted by Gasteiger charge is -2.36. The third-order valence-corrected chi connectivity index (χ3v) is 4.43. The number of nitrogens with zero attached hydrogens (tertiary/aromatic N) is 1. The standard InChI is InChI=1S/C16H24N2O2S/c17-16(21)13-6-4-12(5-7-13)15(20)11-18-9-2-1-3-14(18)8-10-19/h4-7,14-15,19-20H,1-3,8-11H2,(H2,17,21). The van der Waals surface area contributed by atoms with E-state index in [1.165, 1.54) is 6.42 Å². The highest BCUT2D eigenvalue weighted by Crippen LogP contribution is 2.23. The van der Waals surface area contributed by atoms with Crippen molar-refractivity contribution < 1.29 is 10.2 Å². The van der Waals surface area contributed by atoms with Crippen LogP contribution >= 0.6 is 12.2 Å². The molecule has 0 aliphatic carbocycles. The van der Waals surface area contributed by atoms with Gasteiger partial charge in [-0.15, -0.1) is 0 Å². The van der Waals surface area contributed by atoms with Crippen molar-refractivity contribution in [2.45, 2.75) is 37.8 Å². The van der Waals surface area contributed by atoms with Gasteiger partial charge in [-0.25, -0.2) is 0 Å². The van der Waals surface area contributed by atoms with Crippen LogP contribution in [0.25, 0.3) is 0 Å². The van der Waals surface area contributed by atoms with Crippen molar-refractivity contribution in [1.29, 1.82) is 0 Å². The molecule has 0 aromatic heterocycles. The first-order chi connectivity index (χ1) is 10.1. The van der Waals surface area contributed by atoms with Crippen molar-refractivity contribution in [3.63, 3.8) is 0 Å². The Hall–Kier alpha value is -1.01. The van der Waals surface area contributed by atoms with Crippen LogP contribution in [0.3, 0.4) is 0 Å². The van der Waals surface area contributed by atoms with Crippen LogP contribution < -0.4 is 5.73 Å². The highest BCUT2D eigenvalue weighted by atomic mass is 32.1. The molecule has 1 aliphatic heterocycles. The van der Waals surface area contributed by atoms with E-state index in [-0.39, 0.29) is 6.61 Å². The Balaban J connectivity index is 1.98. The summed E-state index contributed by atoms with van der Waals surface area (Å²) in [6.45, 7) is 1.81. The lowest BCUT2D eigenvalue weighted by molar-refractivity contribution is 0.0565. The molecule has 4 nitrogen and oxygen atoms in total. The van der Waals surface area contributed by atoms with Crippen LogP contribution in [0.15, 0.2) is 24.3 Å². The summed E-state index contributed by atoms with van der Waals surface area (Å²) >= 11 is 4.93. The van der Waals surface area contributed by atoms with E-state index >= 15 is 0 Å². The van der Waals surface area contributed by atoms with Crippen LogP contribution in [-0.2, 0) is 0 Å². The van der Waals surface area contributed by atoms with Gasteiger partial charge in [-0.1, -0.05) is 42.9 Å². The average Bonchev–Trinajstić information content (AvgIpc) is 2.49. The average molecular weight is 308 g/mol. The van der Waals surface area contributed by atoms with Gasteiger partial charge in [0.15, 0.2) is 0 Å². The fraction of sp³-hybridized carbons (Fsp3) is 0.562. The number of hydrogen-bond donors (Lipinski definition) is 3. The van der Waals surface area contributed by atoms with Crippen molar-refractivity contribution in [3.05, 3.63) is 35.4 Å². The zero-order chi connectivity index (χ0) is 15.2. The molecule has 1 aliphatic rings. The molecule has 116 valence electrons. The zero-order valence-corrected chi connectivity index (χ0v) is 13.1. The predicted molar refractivity (Wildman–Crippen MR) is 88.2 cm³/mol. The van der Waals surface area contributed by atoms with Crippen molar-refractivity contribution in [3.8, 4) is 0 Å². The second-order valence-corrected chi connectivity index (χ2v) is 6.10. The summed E-state index contributed by atoms with van der Waals surface area (Å²) in [6.07, 6.45) is 3.74. The van der Waals surface area contributed by atoms with Crippen LogP contribution in [0, 0.1) is 0 Å².